The van der Waals surface area contributed by atoms with E-state index in [1.54, 1.807) is 6.20 Å². The molecule has 0 radical (unpaired) electrons. The molecule has 1 unspecified atom stereocenters. The molecule has 3 nitrogen and oxygen atoms in total. The second kappa shape index (κ2) is 4.34. The highest BCUT2D eigenvalue weighted by Gasteiger charge is 2.21. The van der Waals surface area contributed by atoms with Crippen LogP contribution in [0, 0.1) is 0 Å². The van der Waals surface area contributed by atoms with Crippen LogP contribution in [-0.4, -0.2) is 9.97 Å². The Hall–Kier alpha value is -1.61. The largest absolute Gasteiger partial charge is 0.363 e. The predicted octanol–water partition coefficient (Wildman–Crippen LogP) is 3.23. The lowest BCUT2D eigenvalue weighted by Gasteiger charge is -2.14. The molecule has 1 aliphatic rings. The first kappa shape index (κ1) is 10.5. The van der Waals surface area contributed by atoms with E-state index in [1.165, 1.54) is 11.1 Å². The van der Waals surface area contributed by atoms with Crippen LogP contribution in [-0.2, 0) is 6.42 Å². The summed E-state index contributed by atoms with van der Waals surface area (Å²) in [4.78, 5) is 8.03. The highest BCUT2D eigenvalue weighted by atomic mass is 35.5. The lowest BCUT2D eigenvalue weighted by atomic mass is 10.1. The van der Waals surface area contributed by atoms with E-state index in [2.05, 4.69) is 39.6 Å². The molecule has 3 rings (SSSR count). The highest BCUT2D eigenvalue weighted by molar-refractivity contribution is 6.28. The average molecular weight is 246 g/mol. The molecule has 86 valence electrons. The molecule has 0 fully saturated rings. The maximum absolute atomic E-state index is 5.77. The highest BCUT2D eigenvalue weighted by Crippen LogP contribution is 2.33. The minimum absolute atomic E-state index is 0.279. The van der Waals surface area contributed by atoms with E-state index in [1.807, 2.05) is 6.07 Å². The van der Waals surface area contributed by atoms with Gasteiger partial charge in [0.1, 0.15) is 5.82 Å². The molecule has 0 spiro atoms. The zero-order valence-electron chi connectivity index (χ0n) is 9.23. The lowest BCUT2D eigenvalue weighted by Crippen LogP contribution is -2.08. The van der Waals surface area contributed by atoms with Gasteiger partial charge in [-0.25, -0.2) is 9.97 Å². The standard InChI is InChI=1S/C13H12ClN3/c14-13-15-8-7-12(17-13)16-11-6-5-9-3-1-2-4-10(9)11/h1-4,7-8,11H,5-6H2,(H,15,16,17). The number of benzene rings is 1. The molecule has 0 saturated carbocycles. The van der Waals surface area contributed by atoms with E-state index in [-0.39, 0.29) is 5.28 Å². The summed E-state index contributed by atoms with van der Waals surface area (Å²) in [6.07, 6.45) is 3.88. The Morgan fingerprint density at radius 2 is 2.12 bits per heavy atom. The van der Waals surface area contributed by atoms with Crippen LogP contribution >= 0.6 is 11.6 Å². The van der Waals surface area contributed by atoms with Crippen molar-refractivity contribution in [3.8, 4) is 0 Å². The molecular weight excluding hydrogens is 234 g/mol. The molecule has 0 aliphatic heterocycles. The zero-order chi connectivity index (χ0) is 11.7. The number of nitrogens with one attached hydrogen (secondary N) is 1. The van der Waals surface area contributed by atoms with Gasteiger partial charge in [0, 0.05) is 6.20 Å². The topological polar surface area (TPSA) is 37.8 Å². The number of hydrogen-bond donors (Lipinski definition) is 1. The van der Waals surface area contributed by atoms with Crippen molar-refractivity contribution in [2.75, 3.05) is 5.32 Å². The number of hydrogen-bond acceptors (Lipinski definition) is 3. The van der Waals surface area contributed by atoms with E-state index in [4.69, 9.17) is 11.6 Å². The Morgan fingerprint density at radius 1 is 1.24 bits per heavy atom. The number of aromatic nitrogens is 2. The molecule has 1 aliphatic carbocycles. The minimum Gasteiger partial charge on any atom is -0.363 e. The van der Waals surface area contributed by atoms with Crippen molar-refractivity contribution in [2.45, 2.75) is 18.9 Å². The normalized spacial score (nSPS) is 17.8. The van der Waals surface area contributed by atoms with Crippen LogP contribution in [0.2, 0.25) is 5.28 Å². The Labute approximate surface area is 105 Å². The van der Waals surface area contributed by atoms with Gasteiger partial charge in [-0.05, 0) is 41.6 Å². The number of halogens is 1. The van der Waals surface area contributed by atoms with Crippen LogP contribution < -0.4 is 5.32 Å². The molecule has 17 heavy (non-hydrogen) atoms. The number of rotatable bonds is 2. The Kier molecular flexibility index (Phi) is 2.69. The molecule has 0 saturated heterocycles. The molecule has 1 atom stereocenters. The zero-order valence-corrected chi connectivity index (χ0v) is 9.98. The number of aryl methyl sites for hydroxylation is 1. The molecule has 1 heterocycles. The van der Waals surface area contributed by atoms with E-state index in [9.17, 15) is 0 Å². The van der Waals surface area contributed by atoms with E-state index in [0.29, 0.717) is 6.04 Å². The van der Waals surface area contributed by atoms with Gasteiger partial charge in [0.25, 0.3) is 0 Å². The summed E-state index contributed by atoms with van der Waals surface area (Å²) in [5, 5.41) is 3.68. The number of fused-ring (bicyclic) bond motifs is 1. The molecule has 0 bridgehead atoms. The third-order valence-corrected chi connectivity index (χ3v) is 3.26. The van der Waals surface area contributed by atoms with Gasteiger partial charge in [0.15, 0.2) is 0 Å². The average Bonchev–Trinajstić information content (AvgIpc) is 2.73. The van der Waals surface area contributed by atoms with Crippen molar-refractivity contribution in [1.82, 2.24) is 9.97 Å². The smallest absolute Gasteiger partial charge is 0.224 e. The molecular formula is C13H12ClN3. The number of anilines is 1. The van der Waals surface area contributed by atoms with Crippen molar-refractivity contribution < 1.29 is 0 Å². The van der Waals surface area contributed by atoms with Crippen molar-refractivity contribution in [3.63, 3.8) is 0 Å². The summed E-state index contributed by atoms with van der Waals surface area (Å²) in [5.41, 5.74) is 2.78. The minimum atomic E-state index is 0.279. The third-order valence-electron chi connectivity index (χ3n) is 3.08. The van der Waals surface area contributed by atoms with Crippen LogP contribution in [0.4, 0.5) is 5.82 Å². The monoisotopic (exact) mass is 245 g/mol. The first-order valence-electron chi connectivity index (χ1n) is 5.66. The fraction of sp³-hybridized carbons (Fsp3) is 0.231. The summed E-state index contributed by atoms with van der Waals surface area (Å²) < 4.78 is 0. The lowest BCUT2D eigenvalue weighted by molar-refractivity contribution is 0.756. The van der Waals surface area contributed by atoms with Gasteiger partial charge in [-0.1, -0.05) is 24.3 Å². The van der Waals surface area contributed by atoms with Gasteiger partial charge in [0.05, 0.1) is 6.04 Å². The molecule has 1 aromatic heterocycles. The van der Waals surface area contributed by atoms with E-state index < -0.39 is 0 Å². The van der Waals surface area contributed by atoms with Gasteiger partial charge >= 0.3 is 0 Å². The first-order chi connectivity index (χ1) is 8.33. The van der Waals surface area contributed by atoms with Crippen LogP contribution in [0.15, 0.2) is 36.5 Å². The fourth-order valence-electron chi connectivity index (χ4n) is 2.30. The van der Waals surface area contributed by atoms with Crippen LogP contribution in [0.3, 0.4) is 0 Å². The molecule has 4 heteroatoms. The fourth-order valence-corrected chi connectivity index (χ4v) is 2.45. The maximum Gasteiger partial charge on any atom is 0.224 e. The van der Waals surface area contributed by atoms with Gasteiger partial charge in [0.2, 0.25) is 5.28 Å². The van der Waals surface area contributed by atoms with Crippen molar-refractivity contribution in [2.24, 2.45) is 0 Å². The second-order valence-corrected chi connectivity index (χ2v) is 4.48. The molecule has 1 N–H and O–H groups in total. The van der Waals surface area contributed by atoms with Crippen LogP contribution in [0.5, 0.6) is 0 Å². The Morgan fingerprint density at radius 3 is 3.00 bits per heavy atom. The Bertz CT molecular complexity index is 542. The quantitative estimate of drug-likeness (QED) is 0.826. The predicted molar refractivity (Wildman–Crippen MR) is 68.2 cm³/mol. The first-order valence-corrected chi connectivity index (χ1v) is 6.03. The number of nitrogens with zero attached hydrogens (tertiary/aromatic N) is 2. The van der Waals surface area contributed by atoms with E-state index >= 15 is 0 Å². The maximum atomic E-state index is 5.77. The summed E-state index contributed by atoms with van der Waals surface area (Å²) in [5.74, 6) is 0.784. The SMILES string of the molecule is Clc1nccc(NC2CCc3ccccc32)n1. The van der Waals surface area contributed by atoms with Gasteiger partial charge in [-0.15, -0.1) is 0 Å². The van der Waals surface area contributed by atoms with Gasteiger partial charge in [-0.2, -0.15) is 0 Å². The summed E-state index contributed by atoms with van der Waals surface area (Å²) >= 11 is 5.77. The van der Waals surface area contributed by atoms with Crippen LogP contribution in [0.1, 0.15) is 23.6 Å². The van der Waals surface area contributed by atoms with Crippen molar-refractivity contribution in [3.05, 3.63) is 52.9 Å². The molecule has 1 aromatic carbocycles. The third kappa shape index (κ3) is 2.11. The van der Waals surface area contributed by atoms with Crippen molar-refractivity contribution >= 4 is 17.4 Å². The van der Waals surface area contributed by atoms with E-state index in [0.717, 1.165) is 18.7 Å². The van der Waals surface area contributed by atoms with Crippen molar-refractivity contribution in [1.29, 1.82) is 0 Å². The molecule has 2 aromatic rings. The summed E-state index contributed by atoms with van der Waals surface area (Å²) in [6, 6.07) is 10.7. The Balaban J connectivity index is 1.84. The molecule has 0 amide bonds. The summed E-state index contributed by atoms with van der Waals surface area (Å²) in [7, 11) is 0. The van der Waals surface area contributed by atoms with Crippen LogP contribution in [0.25, 0.3) is 0 Å². The van der Waals surface area contributed by atoms with Gasteiger partial charge in [-0.3, -0.25) is 0 Å². The van der Waals surface area contributed by atoms with Gasteiger partial charge < -0.3 is 5.32 Å². The summed E-state index contributed by atoms with van der Waals surface area (Å²) in [6.45, 7) is 0. The second-order valence-electron chi connectivity index (χ2n) is 4.15.